The highest BCUT2D eigenvalue weighted by Gasteiger charge is 2.06. The predicted octanol–water partition coefficient (Wildman–Crippen LogP) is 4.91. The van der Waals surface area contributed by atoms with Gasteiger partial charge in [0.15, 0.2) is 0 Å². The quantitative estimate of drug-likeness (QED) is 0.734. The van der Waals surface area contributed by atoms with Gasteiger partial charge in [-0.1, -0.05) is 49.7 Å². The molecule has 0 unspecified atom stereocenters. The number of benzene rings is 2. The summed E-state index contributed by atoms with van der Waals surface area (Å²) >= 11 is 0. The normalized spacial score (nSPS) is 11.4. The molecule has 3 aromatic rings. The maximum atomic E-state index is 5.93. The number of nitrogens with one attached hydrogen (secondary N) is 1. The van der Waals surface area contributed by atoms with Gasteiger partial charge in [-0.2, -0.15) is 0 Å². The van der Waals surface area contributed by atoms with Crippen LogP contribution in [0.4, 0.5) is 0 Å². The highest BCUT2D eigenvalue weighted by molar-refractivity contribution is 5.83. The van der Waals surface area contributed by atoms with Crippen molar-refractivity contribution in [3.05, 3.63) is 59.7 Å². The minimum absolute atomic E-state index is 0.503. The average Bonchev–Trinajstić information content (AvgIpc) is 2.88. The van der Waals surface area contributed by atoms with Crippen molar-refractivity contribution in [3.63, 3.8) is 0 Å². The molecule has 3 rings (SSSR count). The second-order valence-electron chi connectivity index (χ2n) is 5.88. The number of aryl methyl sites for hydroxylation is 1. The zero-order valence-corrected chi connectivity index (χ0v) is 12.8. The first kappa shape index (κ1) is 13.9. The van der Waals surface area contributed by atoms with E-state index >= 15 is 0 Å². The number of furan rings is 1. The van der Waals surface area contributed by atoms with Gasteiger partial charge in [-0.3, -0.25) is 0 Å². The smallest absolute Gasteiger partial charge is 0.135 e. The van der Waals surface area contributed by atoms with Crippen LogP contribution in [0.5, 0.6) is 0 Å². The van der Waals surface area contributed by atoms with Gasteiger partial charge in [0.05, 0.1) is 0 Å². The molecular weight excluding hydrogens is 258 g/mol. The molecule has 0 saturated carbocycles. The Hall–Kier alpha value is -2.06. The zero-order valence-electron chi connectivity index (χ0n) is 12.8. The highest BCUT2D eigenvalue weighted by atomic mass is 16.3. The van der Waals surface area contributed by atoms with E-state index in [-0.39, 0.29) is 0 Å². The van der Waals surface area contributed by atoms with Gasteiger partial charge >= 0.3 is 0 Å². The molecule has 21 heavy (non-hydrogen) atoms. The summed E-state index contributed by atoms with van der Waals surface area (Å²) in [7, 11) is 0. The number of hydrogen-bond donors (Lipinski definition) is 1. The van der Waals surface area contributed by atoms with Crippen molar-refractivity contribution in [2.24, 2.45) is 0 Å². The summed E-state index contributed by atoms with van der Waals surface area (Å²) in [5.41, 5.74) is 4.61. The summed E-state index contributed by atoms with van der Waals surface area (Å²) in [4.78, 5) is 0. The fourth-order valence-electron chi connectivity index (χ4n) is 2.41. The molecule has 0 atom stereocenters. The number of rotatable bonds is 4. The van der Waals surface area contributed by atoms with Gasteiger partial charge in [0.1, 0.15) is 11.3 Å². The van der Waals surface area contributed by atoms with Crippen molar-refractivity contribution in [1.29, 1.82) is 0 Å². The van der Waals surface area contributed by atoms with Crippen LogP contribution in [0.15, 0.2) is 52.9 Å². The van der Waals surface area contributed by atoms with E-state index in [0.717, 1.165) is 28.8 Å². The predicted molar refractivity (Wildman–Crippen MR) is 88.4 cm³/mol. The topological polar surface area (TPSA) is 25.2 Å². The van der Waals surface area contributed by atoms with Crippen molar-refractivity contribution in [2.75, 3.05) is 0 Å². The summed E-state index contributed by atoms with van der Waals surface area (Å²) in [5.74, 6) is 0.930. The molecule has 2 heteroatoms. The summed E-state index contributed by atoms with van der Waals surface area (Å²) in [6.45, 7) is 7.31. The maximum absolute atomic E-state index is 5.93. The van der Waals surface area contributed by atoms with E-state index in [0.29, 0.717) is 6.04 Å². The first-order valence-corrected chi connectivity index (χ1v) is 7.45. The lowest BCUT2D eigenvalue weighted by molar-refractivity contribution is 0.589. The van der Waals surface area contributed by atoms with Crippen LogP contribution in [0, 0.1) is 6.92 Å². The van der Waals surface area contributed by atoms with Gasteiger partial charge in [0.2, 0.25) is 0 Å². The van der Waals surface area contributed by atoms with E-state index in [1.807, 2.05) is 6.07 Å². The highest BCUT2D eigenvalue weighted by Crippen LogP contribution is 2.28. The van der Waals surface area contributed by atoms with Crippen molar-refractivity contribution in [2.45, 2.75) is 33.4 Å². The molecule has 0 aliphatic carbocycles. The van der Waals surface area contributed by atoms with Crippen LogP contribution in [0.2, 0.25) is 0 Å². The fraction of sp³-hybridized carbons (Fsp3) is 0.263. The van der Waals surface area contributed by atoms with E-state index in [2.05, 4.69) is 68.6 Å². The monoisotopic (exact) mass is 279 g/mol. The fourth-order valence-corrected chi connectivity index (χ4v) is 2.41. The van der Waals surface area contributed by atoms with E-state index < -0.39 is 0 Å². The van der Waals surface area contributed by atoms with Crippen molar-refractivity contribution in [1.82, 2.24) is 5.32 Å². The third kappa shape index (κ3) is 3.17. The molecule has 1 aromatic heterocycles. The van der Waals surface area contributed by atoms with Crippen LogP contribution >= 0.6 is 0 Å². The largest absolute Gasteiger partial charge is 0.456 e. The van der Waals surface area contributed by atoms with Gasteiger partial charge in [0.25, 0.3) is 0 Å². The summed E-state index contributed by atoms with van der Waals surface area (Å²) < 4.78 is 5.93. The second kappa shape index (κ2) is 5.74. The summed E-state index contributed by atoms with van der Waals surface area (Å²) in [5, 5.41) is 4.59. The lowest BCUT2D eigenvalue weighted by Gasteiger charge is -2.08. The number of hydrogen-bond acceptors (Lipinski definition) is 2. The van der Waals surface area contributed by atoms with E-state index in [9.17, 15) is 0 Å². The Labute approximate surface area is 125 Å². The van der Waals surface area contributed by atoms with Crippen LogP contribution in [-0.2, 0) is 6.54 Å². The molecule has 2 aromatic carbocycles. The van der Waals surface area contributed by atoms with Crippen LogP contribution in [0.25, 0.3) is 22.3 Å². The average molecular weight is 279 g/mol. The summed E-state index contributed by atoms with van der Waals surface area (Å²) in [6, 6.07) is 17.5. The Bertz CT molecular complexity index is 738. The molecular formula is C19H21NO. The molecule has 108 valence electrons. The van der Waals surface area contributed by atoms with Gasteiger partial charge in [0, 0.05) is 23.5 Å². The minimum atomic E-state index is 0.503. The van der Waals surface area contributed by atoms with Crippen LogP contribution in [0.3, 0.4) is 0 Å². The first-order chi connectivity index (χ1) is 10.1. The third-order valence-corrected chi connectivity index (χ3v) is 3.62. The van der Waals surface area contributed by atoms with Crippen LogP contribution in [0.1, 0.15) is 25.0 Å². The Morgan fingerprint density at radius 1 is 1.00 bits per heavy atom. The molecule has 1 heterocycles. The molecule has 0 aliphatic heterocycles. The molecule has 0 spiro atoms. The summed E-state index contributed by atoms with van der Waals surface area (Å²) in [6.07, 6.45) is 0. The van der Waals surface area contributed by atoms with Gasteiger partial charge in [-0.25, -0.2) is 0 Å². The Kier molecular flexibility index (Phi) is 3.80. The van der Waals surface area contributed by atoms with Gasteiger partial charge in [-0.05, 0) is 30.7 Å². The van der Waals surface area contributed by atoms with Crippen LogP contribution < -0.4 is 5.32 Å². The SMILES string of the molecule is Cc1ccc2oc(-c3ccc(CNC(C)C)cc3)cc2c1. The Balaban J connectivity index is 1.85. The molecule has 0 saturated heterocycles. The maximum Gasteiger partial charge on any atom is 0.135 e. The van der Waals surface area contributed by atoms with E-state index in [4.69, 9.17) is 4.42 Å². The second-order valence-corrected chi connectivity index (χ2v) is 5.88. The molecule has 0 amide bonds. The molecule has 0 aliphatic rings. The zero-order chi connectivity index (χ0) is 14.8. The molecule has 0 bridgehead atoms. The lowest BCUT2D eigenvalue weighted by Crippen LogP contribution is -2.21. The molecule has 0 fully saturated rings. The minimum Gasteiger partial charge on any atom is -0.456 e. The third-order valence-electron chi connectivity index (χ3n) is 3.62. The molecule has 1 N–H and O–H groups in total. The van der Waals surface area contributed by atoms with Crippen molar-refractivity contribution >= 4 is 11.0 Å². The van der Waals surface area contributed by atoms with Crippen molar-refractivity contribution in [3.8, 4) is 11.3 Å². The number of fused-ring (bicyclic) bond motifs is 1. The van der Waals surface area contributed by atoms with Gasteiger partial charge < -0.3 is 9.73 Å². The van der Waals surface area contributed by atoms with Gasteiger partial charge in [-0.15, -0.1) is 0 Å². The van der Waals surface area contributed by atoms with E-state index in [1.54, 1.807) is 0 Å². The Morgan fingerprint density at radius 2 is 1.76 bits per heavy atom. The first-order valence-electron chi connectivity index (χ1n) is 7.45. The van der Waals surface area contributed by atoms with E-state index in [1.165, 1.54) is 11.1 Å². The lowest BCUT2D eigenvalue weighted by atomic mass is 10.1. The molecule has 0 radical (unpaired) electrons. The van der Waals surface area contributed by atoms with Crippen LogP contribution in [-0.4, -0.2) is 6.04 Å². The van der Waals surface area contributed by atoms with Crippen molar-refractivity contribution < 1.29 is 4.42 Å². The Morgan fingerprint density at radius 3 is 2.48 bits per heavy atom. The standard InChI is InChI=1S/C19H21NO/c1-13(2)20-12-15-5-7-16(8-6-15)19-11-17-10-14(3)4-9-18(17)21-19/h4-11,13,20H,12H2,1-3H3. The molecule has 2 nitrogen and oxygen atoms in total.